The van der Waals surface area contributed by atoms with Crippen LogP contribution in [0, 0.1) is 11.3 Å². The molecule has 0 radical (unpaired) electrons. The van der Waals surface area contributed by atoms with Crippen LogP contribution >= 0.6 is 11.6 Å². The van der Waals surface area contributed by atoms with Crippen molar-refractivity contribution in [2.45, 2.75) is 6.61 Å². The fraction of sp³-hybridized carbons (Fsp3) is 0.0526. The molecule has 3 rings (SSSR count). The van der Waals surface area contributed by atoms with Crippen LogP contribution in [0.3, 0.4) is 0 Å². The van der Waals surface area contributed by atoms with E-state index in [4.69, 9.17) is 16.3 Å². The Morgan fingerprint density at radius 1 is 1.04 bits per heavy atom. The van der Waals surface area contributed by atoms with Crippen LogP contribution in [0.4, 0.5) is 0 Å². The number of nitrogens with zero attached hydrogens (tertiary/aromatic N) is 2. The molecule has 0 saturated heterocycles. The van der Waals surface area contributed by atoms with Gasteiger partial charge in [0, 0.05) is 28.4 Å². The quantitative estimate of drug-likeness (QED) is 0.690. The highest BCUT2D eigenvalue weighted by Crippen LogP contribution is 2.27. The molecule has 0 aliphatic rings. The van der Waals surface area contributed by atoms with Gasteiger partial charge in [-0.05, 0) is 29.8 Å². The molecular weight excluding hydrogens is 308 g/mol. The number of benzene rings is 2. The maximum Gasteiger partial charge on any atom is 0.213 e. The Bertz CT molecular complexity index is 839. The molecule has 0 aliphatic heterocycles. The van der Waals surface area contributed by atoms with Crippen molar-refractivity contribution in [1.82, 2.24) is 4.98 Å². The van der Waals surface area contributed by atoms with E-state index in [9.17, 15) is 5.26 Å². The van der Waals surface area contributed by atoms with E-state index in [2.05, 4.69) is 11.1 Å². The summed E-state index contributed by atoms with van der Waals surface area (Å²) >= 11 is 6.02. The Kier molecular flexibility index (Phi) is 4.56. The Morgan fingerprint density at radius 2 is 1.87 bits per heavy atom. The van der Waals surface area contributed by atoms with Crippen LogP contribution in [0.2, 0.25) is 5.02 Å². The van der Waals surface area contributed by atoms with Gasteiger partial charge in [0.2, 0.25) is 5.88 Å². The SMILES string of the molecule is N#Cc1ccc(Cl)cc1-c1ccc(OCc2ccccc2)nc1. The van der Waals surface area contributed by atoms with Gasteiger partial charge in [0.1, 0.15) is 6.61 Å². The van der Waals surface area contributed by atoms with Gasteiger partial charge >= 0.3 is 0 Å². The predicted molar refractivity (Wildman–Crippen MR) is 90.2 cm³/mol. The molecular formula is C19H13ClN2O. The monoisotopic (exact) mass is 320 g/mol. The first-order valence-electron chi connectivity index (χ1n) is 7.09. The van der Waals surface area contributed by atoms with Gasteiger partial charge in [0.15, 0.2) is 0 Å². The Morgan fingerprint density at radius 3 is 2.57 bits per heavy atom. The van der Waals surface area contributed by atoms with Crippen LogP contribution in [0.25, 0.3) is 11.1 Å². The summed E-state index contributed by atoms with van der Waals surface area (Å²) in [4.78, 5) is 4.30. The lowest BCUT2D eigenvalue weighted by Gasteiger charge is -2.08. The second kappa shape index (κ2) is 6.95. The summed E-state index contributed by atoms with van der Waals surface area (Å²) < 4.78 is 5.66. The fourth-order valence-corrected chi connectivity index (χ4v) is 2.38. The molecule has 0 amide bonds. The largest absolute Gasteiger partial charge is 0.473 e. The maximum absolute atomic E-state index is 9.20. The topological polar surface area (TPSA) is 45.9 Å². The first kappa shape index (κ1) is 15.1. The highest BCUT2D eigenvalue weighted by atomic mass is 35.5. The van der Waals surface area contributed by atoms with Crippen molar-refractivity contribution >= 4 is 11.6 Å². The molecule has 0 aliphatic carbocycles. The van der Waals surface area contributed by atoms with E-state index in [0.717, 1.165) is 16.7 Å². The zero-order valence-electron chi connectivity index (χ0n) is 12.2. The zero-order valence-corrected chi connectivity index (χ0v) is 13.0. The van der Waals surface area contributed by atoms with Crippen molar-refractivity contribution in [2.75, 3.05) is 0 Å². The summed E-state index contributed by atoms with van der Waals surface area (Å²) in [6.07, 6.45) is 1.69. The summed E-state index contributed by atoms with van der Waals surface area (Å²) in [5.41, 5.74) is 3.24. The van der Waals surface area contributed by atoms with Gasteiger partial charge in [-0.2, -0.15) is 5.26 Å². The minimum absolute atomic E-state index is 0.466. The normalized spacial score (nSPS) is 10.1. The molecule has 23 heavy (non-hydrogen) atoms. The van der Waals surface area contributed by atoms with E-state index in [1.165, 1.54) is 0 Å². The molecule has 2 aromatic carbocycles. The molecule has 112 valence electrons. The van der Waals surface area contributed by atoms with Gasteiger partial charge < -0.3 is 4.74 Å². The van der Waals surface area contributed by atoms with Crippen molar-refractivity contribution in [3.8, 4) is 23.1 Å². The van der Waals surface area contributed by atoms with Crippen LogP contribution < -0.4 is 4.74 Å². The summed E-state index contributed by atoms with van der Waals surface area (Å²) in [6.45, 7) is 0.466. The third kappa shape index (κ3) is 3.68. The average molecular weight is 321 g/mol. The van der Waals surface area contributed by atoms with E-state index < -0.39 is 0 Å². The lowest BCUT2D eigenvalue weighted by atomic mass is 10.0. The molecule has 3 aromatic rings. The van der Waals surface area contributed by atoms with Gasteiger partial charge in [0.25, 0.3) is 0 Å². The first-order valence-corrected chi connectivity index (χ1v) is 7.47. The minimum atomic E-state index is 0.466. The Labute approximate surface area is 139 Å². The van der Waals surface area contributed by atoms with E-state index in [-0.39, 0.29) is 0 Å². The summed E-state index contributed by atoms with van der Waals surface area (Å²) in [5.74, 6) is 0.540. The lowest BCUT2D eigenvalue weighted by molar-refractivity contribution is 0.294. The van der Waals surface area contributed by atoms with Crippen LogP contribution in [-0.4, -0.2) is 4.98 Å². The molecule has 0 N–H and O–H groups in total. The van der Waals surface area contributed by atoms with Crippen molar-refractivity contribution < 1.29 is 4.74 Å². The molecule has 0 bridgehead atoms. The second-order valence-corrected chi connectivity index (χ2v) is 5.40. The summed E-state index contributed by atoms with van der Waals surface area (Å²) in [5, 5.41) is 9.78. The zero-order chi connectivity index (χ0) is 16.1. The molecule has 0 spiro atoms. The third-order valence-electron chi connectivity index (χ3n) is 3.38. The molecule has 3 nitrogen and oxygen atoms in total. The third-order valence-corrected chi connectivity index (χ3v) is 3.61. The molecule has 0 unspecified atom stereocenters. The van der Waals surface area contributed by atoms with Gasteiger partial charge in [-0.3, -0.25) is 0 Å². The van der Waals surface area contributed by atoms with Crippen LogP contribution in [0.5, 0.6) is 5.88 Å². The van der Waals surface area contributed by atoms with Crippen LogP contribution in [0.1, 0.15) is 11.1 Å². The number of halogens is 1. The van der Waals surface area contributed by atoms with Crippen molar-refractivity contribution in [2.24, 2.45) is 0 Å². The number of pyridine rings is 1. The first-order chi connectivity index (χ1) is 11.3. The number of nitriles is 1. The fourth-order valence-electron chi connectivity index (χ4n) is 2.21. The van der Waals surface area contributed by atoms with Crippen molar-refractivity contribution in [3.63, 3.8) is 0 Å². The minimum Gasteiger partial charge on any atom is -0.473 e. The van der Waals surface area contributed by atoms with E-state index in [0.29, 0.717) is 23.1 Å². The van der Waals surface area contributed by atoms with E-state index >= 15 is 0 Å². The molecule has 0 saturated carbocycles. The standard InChI is InChI=1S/C19H13ClN2O/c20-17-8-6-15(11-21)18(10-17)16-7-9-19(22-12-16)23-13-14-4-2-1-3-5-14/h1-10,12H,13H2. The van der Waals surface area contributed by atoms with Gasteiger partial charge in [0.05, 0.1) is 11.6 Å². The number of rotatable bonds is 4. The lowest BCUT2D eigenvalue weighted by Crippen LogP contribution is -1.97. The van der Waals surface area contributed by atoms with E-state index in [1.807, 2.05) is 36.4 Å². The van der Waals surface area contributed by atoms with Gasteiger partial charge in [-0.1, -0.05) is 41.9 Å². The Balaban J connectivity index is 1.77. The predicted octanol–water partition coefficient (Wildman–Crippen LogP) is 4.85. The van der Waals surface area contributed by atoms with Gasteiger partial charge in [-0.15, -0.1) is 0 Å². The van der Waals surface area contributed by atoms with Gasteiger partial charge in [-0.25, -0.2) is 4.98 Å². The Hall–Kier alpha value is -2.83. The highest BCUT2D eigenvalue weighted by Gasteiger charge is 2.07. The van der Waals surface area contributed by atoms with E-state index in [1.54, 1.807) is 30.5 Å². The number of ether oxygens (including phenoxy) is 1. The number of hydrogen-bond donors (Lipinski definition) is 0. The van der Waals surface area contributed by atoms with Crippen LogP contribution in [-0.2, 0) is 6.61 Å². The number of aromatic nitrogens is 1. The molecule has 4 heteroatoms. The average Bonchev–Trinajstić information content (AvgIpc) is 2.61. The smallest absolute Gasteiger partial charge is 0.213 e. The van der Waals surface area contributed by atoms with Crippen molar-refractivity contribution in [3.05, 3.63) is 83.0 Å². The number of hydrogen-bond acceptors (Lipinski definition) is 3. The molecule has 1 heterocycles. The summed E-state index contributed by atoms with van der Waals surface area (Å²) in [7, 11) is 0. The summed E-state index contributed by atoms with van der Waals surface area (Å²) in [6, 6.07) is 20.9. The maximum atomic E-state index is 9.20. The molecule has 0 fully saturated rings. The van der Waals surface area contributed by atoms with Crippen LogP contribution in [0.15, 0.2) is 66.9 Å². The molecule has 1 aromatic heterocycles. The highest BCUT2D eigenvalue weighted by molar-refractivity contribution is 6.30. The second-order valence-electron chi connectivity index (χ2n) is 4.96. The van der Waals surface area contributed by atoms with Crippen molar-refractivity contribution in [1.29, 1.82) is 5.26 Å². The molecule has 0 atom stereocenters.